The largest absolute Gasteiger partial charge is 0.394 e. The van der Waals surface area contributed by atoms with E-state index in [2.05, 4.69) is 19.2 Å². The molecule has 0 radical (unpaired) electrons. The molecule has 0 spiro atoms. The van der Waals surface area contributed by atoms with Gasteiger partial charge in [-0.1, -0.05) is 322 Å². The minimum absolute atomic E-state index is 0.267. The number of hydrogen-bond acceptors (Lipinski definition) is 10. The molecular weight excluding hydrogens is 943 g/mol. The van der Waals surface area contributed by atoms with Gasteiger partial charge in [0.05, 0.1) is 25.4 Å². The van der Waals surface area contributed by atoms with Crippen LogP contribution in [0.2, 0.25) is 0 Å². The van der Waals surface area contributed by atoms with Crippen LogP contribution in [0.15, 0.2) is 0 Å². The first-order valence-electron chi connectivity index (χ1n) is 32.9. The highest BCUT2D eigenvalue weighted by Gasteiger charge is 2.44. The molecule has 1 heterocycles. The Morgan fingerprint density at radius 1 is 0.413 bits per heavy atom. The van der Waals surface area contributed by atoms with Crippen LogP contribution in [-0.4, -0.2) is 110 Å². The molecule has 1 aliphatic heterocycles. The maximum Gasteiger partial charge on any atom is 0.249 e. The summed E-state index contributed by atoms with van der Waals surface area (Å²) >= 11 is 0. The zero-order valence-corrected chi connectivity index (χ0v) is 49.3. The van der Waals surface area contributed by atoms with E-state index < -0.39 is 74.2 Å². The van der Waals surface area contributed by atoms with Gasteiger partial charge in [0.1, 0.15) is 36.6 Å². The van der Waals surface area contributed by atoms with Crippen molar-refractivity contribution in [1.29, 1.82) is 0 Å². The van der Waals surface area contributed by atoms with Gasteiger partial charge in [0.2, 0.25) is 5.91 Å². The molecule has 0 bridgehead atoms. The predicted molar refractivity (Wildman–Crippen MR) is 312 cm³/mol. The van der Waals surface area contributed by atoms with E-state index in [0.29, 0.717) is 19.3 Å². The Morgan fingerprint density at radius 3 is 0.987 bits per heavy atom. The summed E-state index contributed by atoms with van der Waals surface area (Å²) in [5.74, 6) is -0.687. The van der Waals surface area contributed by atoms with Crippen molar-refractivity contribution >= 4 is 5.91 Å². The van der Waals surface area contributed by atoms with Crippen LogP contribution in [0.25, 0.3) is 0 Å². The number of nitrogens with one attached hydrogen (secondary N) is 1. The fourth-order valence-corrected chi connectivity index (χ4v) is 11.1. The third-order valence-corrected chi connectivity index (χ3v) is 16.4. The third-order valence-electron chi connectivity index (χ3n) is 16.4. The van der Waals surface area contributed by atoms with E-state index >= 15 is 0 Å². The van der Waals surface area contributed by atoms with Gasteiger partial charge in [-0.05, 0) is 12.8 Å². The van der Waals surface area contributed by atoms with E-state index in [-0.39, 0.29) is 6.42 Å². The van der Waals surface area contributed by atoms with Crippen molar-refractivity contribution in [3.05, 3.63) is 0 Å². The van der Waals surface area contributed by atoms with Gasteiger partial charge in [-0.25, -0.2) is 0 Å². The second-order valence-corrected chi connectivity index (χ2v) is 23.6. The highest BCUT2D eigenvalue weighted by atomic mass is 16.7. The molecule has 1 fully saturated rings. The number of amides is 1. The molecule has 1 saturated heterocycles. The normalized spacial score (nSPS) is 19.6. The maximum absolute atomic E-state index is 13.2. The third kappa shape index (κ3) is 41.7. The number of carbonyl (C=O) groups excluding carboxylic acids is 1. The first-order chi connectivity index (χ1) is 36.7. The molecular formula is C64H127NO10. The summed E-state index contributed by atoms with van der Waals surface area (Å²) in [7, 11) is 0. The Kier molecular flexibility index (Phi) is 51.7. The van der Waals surface area contributed by atoms with Crippen molar-refractivity contribution in [3.63, 3.8) is 0 Å². The molecule has 0 aromatic rings. The molecule has 8 N–H and O–H groups in total. The van der Waals surface area contributed by atoms with Gasteiger partial charge in [0.15, 0.2) is 6.29 Å². The van der Waals surface area contributed by atoms with E-state index in [4.69, 9.17) is 9.47 Å². The lowest BCUT2D eigenvalue weighted by molar-refractivity contribution is -0.303. The quantitative estimate of drug-likeness (QED) is 0.0272. The Hall–Kier alpha value is -0.890. The van der Waals surface area contributed by atoms with Gasteiger partial charge < -0.3 is 50.5 Å². The summed E-state index contributed by atoms with van der Waals surface area (Å²) < 4.78 is 11.2. The average molecular weight is 1070 g/mol. The SMILES string of the molecule is CCCCCCCCCCCCCCCCCCCCCCCCCCCCC(O)C(=O)NC(COC1OC(CO)C(O)C(O)C1O)C(O)C(O)CCCCCCCCCCCCCCCCCCCCCCCC. The lowest BCUT2D eigenvalue weighted by atomic mass is 9.98. The number of hydrogen-bond donors (Lipinski definition) is 8. The monoisotopic (exact) mass is 1070 g/mol. The highest BCUT2D eigenvalue weighted by Crippen LogP contribution is 2.24. The van der Waals surface area contributed by atoms with Crippen LogP contribution in [0.3, 0.4) is 0 Å². The van der Waals surface area contributed by atoms with Gasteiger partial charge in [-0.2, -0.15) is 0 Å². The van der Waals surface area contributed by atoms with E-state index in [1.807, 2.05) is 0 Å². The van der Waals surface area contributed by atoms with E-state index in [1.165, 1.54) is 257 Å². The smallest absolute Gasteiger partial charge is 0.249 e. The fourth-order valence-electron chi connectivity index (χ4n) is 11.1. The van der Waals surface area contributed by atoms with Crippen molar-refractivity contribution in [2.24, 2.45) is 0 Å². The summed E-state index contributed by atoms with van der Waals surface area (Å²) in [6.45, 7) is 3.52. The first-order valence-corrected chi connectivity index (χ1v) is 32.9. The number of ether oxygens (including phenoxy) is 2. The van der Waals surface area contributed by atoms with Crippen LogP contribution in [0.1, 0.15) is 335 Å². The zero-order chi connectivity index (χ0) is 54.7. The molecule has 0 aromatic heterocycles. The average Bonchev–Trinajstić information content (AvgIpc) is 3.41. The van der Waals surface area contributed by atoms with E-state index in [1.54, 1.807) is 0 Å². The van der Waals surface area contributed by atoms with Gasteiger partial charge in [0, 0.05) is 0 Å². The summed E-state index contributed by atoms with van der Waals surface area (Å²) in [5, 5.41) is 76.4. The molecule has 0 aromatic carbocycles. The first kappa shape index (κ1) is 72.1. The second kappa shape index (κ2) is 53.7. The number of carbonyl (C=O) groups is 1. The molecule has 0 aliphatic carbocycles. The molecule has 9 atom stereocenters. The van der Waals surface area contributed by atoms with Gasteiger partial charge >= 0.3 is 0 Å². The molecule has 1 rings (SSSR count). The Bertz CT molecular complexity index is 1180. The van der Waals surface area contributed by atoms with Crippen molar-refractivity contribution < 1.29 is 50.0 Å². The zero-order valence-electron chi connectivity index (χ0n) is 49.3. The molecule has 11 heteroatoms. The molecule has 448 valence electrons. The van der Waals surface area contributed by atoms with Crippen LogP contribution in [0.4, 0.5) is 0 Å². The lowest BCUT2D eigenvalue weighted by Crippen LogP contribution is -2.60. The number of rotatable bonds is 58. The molecule has 11 nitrogen and oxygen atoms in total. The lowest BCUT2D eigenvalue weighted by Gasteiger charge is -2.40. The van der Waals surface area contributed by atoms with Crippen LogP contribution in [0, 0.1) is 0 Å². The van der Waals surface area contributed by atoms with Crippen molar-refractivity contribution in [2.45, 2.75) is 390 Å². The predicted octanol–water partition coefficient (Wildman–Crippen LogP) is 14.9. The number of aliphatic hydroxyl groups is 7. The number of aliphatic hydroxyl groups excluding tert-OH is 7. The summed E-state index contributed by atoms with van der Waals surface area (Å²) in [4.78, 5) is 13.2. The summed E-state index contributed by atoms with van der Waals surface area (Å²) in [6.07, 6.45) is 51.7. The van der Waals surface area contributed by atoms with Crippen molar-refractivity contribution in [2.75, 3.05) is 13.2 Å². The second-order valence-electron chi connectivity index (χ2n) is 23.6. The van der Waals surface area contributed by atoms with Crippen LogP contribution in [0.5, 0.6) is 0 Å². The standard InChI is InChI=1S/C64H127NO10/c1-3-5-7-9-11-13-15-17-19-21-23-25-27-28-29-30-32-34-36-38-40-42-44-46-48-50-52-57(68)63(73)65-55(54-74-64-62(72)61(71)60(70)58(53-66)75-64)59(69)56(67)51-49-47-45-43-41-39-37-35-33-31-26-24-22-20-18-16-14-12-10-8-6-4-2/h55-62,64,66-72H,3-54H2,1-2H3,(H,65,73). The Morgan fingerprint density at radius 2 is 0.693 bits per heavy atom. The van der Waals surface area contributed by atoms with Crippen molar-refractivity contribution in [1.82, 2.24) is 5.32 Å². The Balaban J connectivity index is 2.22. The van der Waals surface area contributed by atoms with Crippen LogP contribution < -0.4 is 5.32 Å². The van der Waals surface area contributed by atoms with Gasteiger partial charge in [-0.15, -0.1) is 0 Å². The van der Waals surface area contributed by atoms with Crippen LogP contribution >= 0.6 is 0 Å². The maximum atomic E-state index is 13.2. The van der Waals surface area contributed by atoms with E-state index in [0.717, 1.165) is 38.5 Å². The van der Waals surface area contributed by atoms with Gasteiger partial charge in [0.25, 0.3) is 0 Å². The molecule has 0 saturated carbocycles. The van der Waals surface area contributed by atoms with Crippen molar-refractivity contribution in [3.8, 4) is 0 Å². The molecule has 1 amide bonds. The minimum Gasteiger partial charge on any atom is -0.394 e. The fraction of sp³-hybridized carbons (Fsp3) is 0.984. The van der Waals surface area contributed by atoms with Gasteiger partial charge in [-0.3, -0.25) is 4.79 Å². The highest BCUT2D eigenvalue weighted by molar-refractivity contribution is 5.80. The number of unbranched alkanes of at least 4 members (excludes halogenated alkanes) is 46. The molecule has 75 heavy (non-hydrogen) atoms. The molecule has 1 aliphatic rings. The Labute approximate surface area is 462 Å². The van der Waals surface area contributed by atoms with E-state index in [9.17, 15) is 40.5 Å². The minimum atomic E-state index is -1.66. The van der Waals surface area contributed by atoms with Crippen LogP contribution in [-0.2, 0) is 14.3 Å². The summed E-state index contributed by atoms with van der Waals surface area (Å²) in [5.41, 5.74) is 0. The summed E-state index contributed by atoms with van der Waals surface area (Å²) in [6, 6.07) is -1.16. The topological polar surface area (TPSA) is 189 Å². The molecule has 9 unspecified atom stereocenters.